The normalized spacial score (nSPS) is 11.6. The maximum Gasteiger partial charge on any atom is 0.277 e. The largest absolute Gasteiger partial charge is 0.332 e. The Morgan fingerprint density at radius 3 is 1.43 bits per heavy atom. The van der Waals surface area contributed by atoms with Gasteiger partial charge in [0.05, 0.1) is 13.1 Å². The van der Waals surface area contributed by atoms with Crippen molar-refractivity contribution in [1.82, 2.24) is 45.0 Å². The third-order valence-corrected chi connectivity index (χ3v) is 5.90. The molecule has 40 heavy (non-hydrogen) atoms. The molecule has 5 aromatic heterocycles. The monoisotopic (exact) mass is 543 g/mol. The van der Waals surface area contributed by atoms with Gasteiger partial charge in [-0.2, -0.15) is 19.9 Å². The van der Waals surface area contributed by atoms with Gasteiger partial charge < -0.3 is 18.8 Å². The first-order valence-electron chi connectivity index (χ1n) is 13.0. The van der Waals surface area contributed by atoms with Crippen molar-refractivity contribution in [1.29, 1.82) is 0 Å². The van der Waals surface area contributed by atoms with Gasteiger partial charge in [-0.25, -0.2) is 4.98 Å². The van der Waals surface area contributed by atoms with Crippen molar-refractivity contribution in [2.75, 3.05) is 54.4 Å². The number of rotatable bonds is 12. The average Bonchev–Trinajstić information content (AvgIpc) is 3.64. The number of pyridine rings is 3. The molecular weight excluding hydrogens is 510 g/mol. The van der Waals surface area contributed by atoms with Crippen molar-refractivity contribution in [3.05, 3.63) is 54.6 Å². The zero-order valence-corrected chi connectivity index (χ0v) is 23.0. The zero-order chi connectivity index (χ0) is 27.9. The van der Waals surface area contributed by atoms with Crippen LogP contribution in [0.3, 0.4) is 0 Å². The number of hydrogen-bond acceptors (Lipinski definition) is 11. The molecule has 0 amide bonds. The van der Waals surface area contributed by atoms with E-state index < -0.39 is 0 Å². The molecule has 206 valence electrons. The molecule has 0 aromatic carbocycles. The molecular formula is C27H33N11O2+2. The van der Waals surface area contributed by atoms with Gasteiger partial charge in [0.15, 0.2) is 0 Å². The minimum atomic E-state index is 0.320. The maximum atomic E-state index is 5.51. The van der Waals surface area contributed by atoms with Crippen LogP contribution in [-0.2, 0) is 0 Å². The third kappa shape index (κ3) is 6.95. The molecule has 0 saturated heterocycles. The first kappa shape index (κ1) is 27.1. The van der Waals surface area contributed by atoms with E-state index in [1.807, 2.05) is 70.7 Å². The van der Waals surface area contributed by atoms with Crippen molar-refractivity contribution in [3.63, 3.8) is 0 Å². The van der Waals surface area contributed by atoms with E-state index in [0.29, 0.717) is 46.2 Å². The molecule has 0 unspecified atom stereocenters. The lowest BCUT2D eigenvalue weighted by molar-refractivity contribution is -0.575. The lowest BCUT2D eigenvalue weighted by Crippen LogP contribution is -2.80. The predicted molar refractivity (Wildman–Crippen MR) is 147 cm³/mol. The fraction of sp³-hybridized carbons (Fsp3) is 0.296. The molecule has 4 N–H and O–H groups in total. The van der Waals surface area contributed by atoms with E-state index in [1.165, 1.54) is 0 Å². The molecule has 0 bridgehead atoms. The number of quaternary nitrogens is 2. The summed E-state index contributed by atoms with van der Waals surface area (Å²) in [4.78, 5) is 27.2. The van der Waals surface area contributed by atoms with Crippen LogP contribution in [0.15, 0.2) is 63.6 Å². The van der Waals surface area contributed by atoms with E-state index in [-0.39, 0.29) is 0 Å². The zero-order valence-electron chi connectivity index (χ0n) is 23.0. The number of likely N-dealkylation sites (N-methyl/N-ethyl adjacent to an activating group) is 2. The van der Waals surface area contributed by atoms with Crippen LogP contribution in [0.2, 0.25) is 0 Å². The van der Waals surface area contributed by atoms with E-state index in [2.05, 4.69) is 55.7 Å². The number of nitrogens with zero attached hydrogens (tertiary/aromatic N) is 9. The highest BCUT2D eigenvalue weighted by molar-refractivity contribution is 5.60. The highest BCUT2D eigenvalue weighted by Gasteiger charge is 2.18. The summed E-state index contributed by atoms with van der Waals surface area (Å²) in [6.45, 7) is 3.67. The van der Waals surface area contributed by atoms with Gasteiger partial charge in [0.25, 0.3) is 11.8 Å². The van der Waals surface area contributed by atoms with Crippen molar-refractivity contribution < 1.29 is 19.7 Å². The highest BCUT2D eigenvalue weighted by Crippen LogP contribution is 2.24. The molecule has 5 rings (SSSR count). The molecule has 0 saturated carbocycles. The number of hydrogen-bond donors (Lipinski definition) is 2. The Balaban J connectivity index is 1.30. The summed E-state index contributed by atoms with van der Waals surface area (Å²) in [5, 5.41) is 12.4. The molecule has 0 aliphatic carbocycles. The van der Waals surface area contributed by atoms with E-state index in [4.69, 9.17) is 9.05 Å². The van der Waals surface area contributed by atoms with Crippen LogP contribution in [0.1, 0.15) is 0 Å². The van der Waals surface area contributed by atoms with Gasteiger partial charge in [-0.1, -0.05) is 28.5 Å². The average molecular weight is 544 g/mol. The molecule has 13 heteroatoms. The van der Waals surface area contributed by atoms with Crippen LogP contribution in [0.25, 0.3) is 46.2 Å². The van der Waals surface area contributed by atoms with Gasteiger partial charge >= 0.3 is 0 Å². The van der Waals surface area contributed by atoms with Crippen molar-refractivity contribution in [2.45, 2.75) is 0 Å². The Kier molecular flexibility index (Phi) is 8.56. The fourth-order valence-corrected chi connectivity index (χ4v) is 3.86. The van der Waals surface area contributed by atoms with Gasteiger partial charge in [-0.3, -0.25) is 10.6 Å². The quantitative estimate of drug-likeness (QED) is 0.230. The van der Waals surface area contributed by atoms with E-state index in [1.54, 1.807) is 12.1 Å². The summed E-state index contributed by atoms with van der Waals surface area (Å²) in [6.07, 6.45) is 0. The van der Waals surface area contributed by atoms with Crippen molar-refractivity contribution in [3.8, 4) is 46.2 Å². The first-order chi connectivity index (χ1) is 19.4. The minimum Gasteiger partial charge on any atom is -0.332 e. The van der Waals surface area contributed by atoms with Gasteiger partial charge in [-0.05, 0) is 52.5 Å². The number of nitrogens with two attached hydrogens (primary N) is 2. The predicted octanol–water partition coefficient (Wildman–Crippen LogP) is 0.819. The molecule has 0 aliphatic heterocycles. The van der Waals surface area contributed by atoms with E-state index >= 15 is 0 Å². The number of aromatic nitrogens is 7. The molecule has 0 aliphatic rings. The Bertz CT molecular complexity index is 1440. The molecule has 13 nitrogen and oxygen atoms in total. The topological polar surface area (TPSA) is 156 Å². The summed E-state index contributed by atoms with van der Waals surface area (Å²) < 4.78 is 11.0. The van der Waals surface area contributed by atoms with Gasteiger partial charge in [-0.15, -0.1) is 0 Å². The summed E-state index contributed by atoms with van der Waals surface area (Å²) in [5.41, 5.74) is 2.24. The third-order valence-electron chi connectivity index (χ3n) is 5.90. The van der Waals surface area contributed by atoms with E-state index in [0.717, 1.165) is 37.8 Å². The minimum absolute atomic E-state index is 0.320. The van der Waals surface area contributed by atoms with Crippen LogP contribution < -0.4 is 10.6 Å². The Labute approximate surface area is 231 Å². The smallest absolute Gasteiger partial charge is 0.277 e. The first-order valence-corrected chi connectivity index (χ1v) is 13.0. The van der Waals surface area contributed by atoms with Gasteiger partial charge in [0.2, 0.25) is 23.3 Å². The van der Waals surface area contributed by atoms with Crippen LogP contribution >= 0.6 is 0 Å². The lowest BCUT2D eigenvalue weighted by atomic mass is 10.2. The molecule has 0 atom stereocenters. The molecule has 5 aromatic rings. The second-order valence-electron chi connectivity index (χ2n) is 9.74. The Hall–Kier alpha value is -4.43. The van der Waals surface area contributed by atoms with E-state index in [9.17, 15) is 0 Å². The second-order valence-corrected chi connectivity index (χ2v) is 9.74. The summed E-state index contributed by atoms with van der Waals surface area (Å²) in [7, 11) is 8.17. The summed E-state index contributed by atoms with van der Waals surface area (Å²) >= 11 is 0. The van der Waals surface area contributed by atoms with Crippen molar-refractivity contribution in [2.24, 2.45) is 0 Å². The summed E-state index contributed by atoms with van der Waals surface area (Å²) in [6, 6.07) is 16.9. The second kappa shape index (κ2) is 12.6. The molecule has 0 fully saturated rings. The molecule has 0 radical (unpaired) electrons. The van der Waals surface area contributed by atoms with Gasteiger partial charge in [0, 0.05) is 25.2 Å². The van der Waals surface area contributed by atoms with Crippen LogP contribution in [0.5, 0.6) is 0 Å². The fourth-order valence-electron chi connectivity index (χ4n) is 3.86. The lowest BCUT2D eigenvalue weighted by Gasteiger charge is -2.07. The Morgan fingerprint density at radius 1 is 0.550 bits per heavy atom. The maximum absolute atomic E-state index is 5.51. The van der Waals surface area contributed by atoms with Crippen molar-refractivity contribution >= 4 is 11.6 Å². The van der Waals surface area contributed by atoms with Crippen LogP contribution in [0, 0.1) is 0 Å². The molecule has 5 heterocycles. The Morgan fingerprint density at radius 2 is 0.975 bits per heavy atom. The van der Waals surface area contributed by atoms with Crippen LogP contribution in [-0.4, -0.2) is 99.4 Å². The summed E-state index contributed by atoms with van der Waals surface area (Å²) in [5.74, 6) is 3.04. The molecule has 0 spiro atoms. The SMILES string of the molecule is CN(C)CC[NH2+]c1cccc(-c2nc(-c3cccc(-c4noc(-c5cccc([NH2+]CCN(C)C)n5)n4)n3)no2)n1. The van der Waals surface area contributed by atoms with Crippen LogP contribution in [0.4, 0.5) is 11.6 Å². The standard InChI is InChI=1S/C27H31N11O2/c1-37(2)16-14-28-22-12-6-10-20(31-22)26-33-24(35-39-26)18-8-5-9-19(30-18)25-34-27(40-36-25)21-11-7-13-23(32-21)29-15-17-38(3)4/h5-13H,14-17H2,1-4H3,(H,28,31)(H,29,32)/p+2. The van der Waals surface area contributed by atoms with Gasteiger partial charge in [0.1, 0.15) is 22.8 Å². The highest BCUT2D eigenvalue weighted by atomic mass is 16.5.